The summed E-state index contributed by atoms with van der Waals surface area (Å²) in [7, 11) is 1.60. The third-order valence-corrected chi connectivity index (χ3v) is 9.29. The minimum atomic E-state index is -0.567. The molecule has 4 heterocycles. The van der Waals surface area contributed by atoms with Crippen LogP contribution >= 0.6 is 11.6 Å². The van der Waals surface area contributed by atoms with Crippen molar-refractivity contribution in [2.24, 2.45) is 13.0 Å². The number of amides is 1. The number of imidazole rings is 1. The summed E-state index contributed by atoms with van der Waals surface area (Å²) in [6.07, 6.45) is 2.49. The molecule has 41 heavy (non-hydrogen) atoms. The van der Waals surface area contributed by atoms with Crippen LogP contribution in [0.1, 0.15) is 23.1 Å². The maximum atomic E-state index is 14.0. The van der Waals surface area contributed by atoms with Crippen LogP contribution in [0.25, 0.3) is 11.2 Å². The lowest BCUT2D eigenvalue weighted by Crippen LogP contribution is -2.45. The Balaban J connectivity index is 1.28. The van der Waals surface area contributed by atoms with Gasteiger partial charge in [0.15, 0.2) is 11.2 Å². The number of benzene rings is 2. The quantitative estimate of drug-likeness (QED) is 0.364. The average molecular weight is 574 g/mol. The lowest BCUT2D eigenvalue weighted by molar-refractivity contribution is -0.122. The summed E-state index contributed by atoms with van der Waals surface area (Å²) in [5.74, 6) is 0.793. The van der Waals surface area contributed by atoms with E-state index in [1.807, 2.05) is 41.0 Å². The highest BCUT2D eigenvalue weighted by atomic mass is 35.5. The number of hydrogen-bond donors (Lipinski definition) is 2. The summed E-state index contributed by atoms with van der Waals surface area (Å²) >= 11 is 6.56. The Morgan fingerprint density at radius 2 is 1.78 bits per heavy atom. The molecule has 2 aromatic heterocycles. The van der Waals surface area contributed by atoms with Crippen molar-refractivity contribution < 1.29 is 4.79 Å². The van der Waals surface area contributed by atoms with E-state index in [0.29, 0.717) is 29.1 Å². The first-order chi connectivity index (χ1) is 19.9. The molecule has 2 fully saturated rings. The second-order valence-electron chi connectivity index (χ2n) is 11.4. The van der Waals surface area contributed by atoms with E-state index in [-0.39, 0.29) is 30.1 Å². The van der Waals surface area contributed by atoms with E-state index in [4.69, 9.17) is 16.6 Å². The van der Waals surface area contributed by atoms with Crippen molar-refractivity contribution in [1.82, 2.24) is 29.3 Å². The normalized spacial score (nSPS) is 20.1. The van der Waals surface area contributed by atoms with Gasteiger partial charge in [-0.2, -0.15) is 4.98 Å². The molecule has 10 nitrogen and oxygen atoms in total. The molecule has 0 bridgehead atoms. The lowest BCUT2D eigenvalue weighted by atomic mass is 10.1. The zero-order valence-corrected chi connectivity index (χ0v) is 23.6. The second kappa shape index (κ2) is 10.2. The number of aryl methyl sites for hydroxylation is 1. The van der Waals surface area contributed by atoms with Gasteiger partial charge in [-0.05, 0) is 47.9 Å². The van der Waals surface area contributed by atoms with Gasteiger partial charge in [0.25, 0.3) is 5.56 Å². The zero-order valence-electron chi connectivity index (χ0n) is 22.8. The summed E-state index contributed by atoms with van der Waals surface area (Å²) in [4.78, 5) is 47.8. The highest BCUT2D eigenvalue weighted by Gasteiger charge is 2.40. The van der Waals surface area contributed by atoms with E-state index < -0.39 is 11.2 Å². The fourth-order valence-electron chi connectivity index (χ4n) is 6.84. The minimum Gasteiger partial charge on any atom is -0.351 e. The fraction of sp³-hybridized carbons (Fsp3) is 0.400. The highest BCUT2D eigenvalue weighted by molar-refractivity contribution is 6.31. The third kappa shape index (κ3) is 4.46. The van der Waals surface area contributed by atoms with Gasteiger partial charge in [-0.25, -0.2) is 9.36 Å². The van der Waals surface area contributed by atoms with Gasteiger partial charge in [0, 0.05) is 43.8 Å². The van der Waals surface area contributed by atoms with Crippen molar-refractivity contribution >= 4 is 34.6 Å². The Morgan fingerprint density at radius 3 is 2.54 bits per heavy atom. The minimum absolute atomic E-state index is 0.0660. The standard InChI is InChI=1S/C30H32ClN7O3/c1-35-27-26(28(40)38(30(35)41)17-25(39)33-22-12-18-6-2-3-7-19(18)13-22)37(16-21-8-4-5-9-23(21)31)29(34-27)36-11-10-20-14-32-15-24(20)36/h2-9,20,22,24,32H,10-17H2,1H3,(H,33,39). The Morgan fingerprint density at radius 1 is 1.05 bits per heavy atom. The van der Waals surface area contributed by atoms with Gasteiger partial charge >= 0.3 is 5.69 Å². The monoisotopic (exact) mass is 573 g/mol. The van der Waals surface area contributed by atoms with Crippen LogP contribution in [0.5, 0.6) is 0 Å². The molecule has 2 unspecified atom stereocenters. The van der Waals surface area contributed by atoms with E-state index >= 15 is 0 Å². The molecule has 1 amide bonds. The molecule has 3 aliphatic rings. The van der Waals surface area contributed by atoms with Gasteiger partial charge in [0.1, 0.15) is 6.54 Å². The van der Waals surface area contributed by atoms with E-state index in [0.717, 1.165) is 49.0 Å². The summed E-state index contributed by atoms with van der Waals surface area (Å²) in [5, 5.41) is 7.09. The van der Waals surface area contributed by atoms with Crippen LogP contribution in [0.3, 0.4) is 0 Å². The van der Waals surface area contributed by atoms with Gasteiger partial charge in [0.05, 0.1) is 6.54 Å². The number of carbonyl (C=O) groups is 1. The van der Waals surface area contributed by atoms with Crippen LogP contribution in [0, 0.1) is 5.92 Å². The summed E-state index contributed by atoms with van der Waals surface area (Å²) in [6.45, 7) is 2.57. The van der Waals surface area contributed by atoms with Crippen LogP contribution in [0.2, 0.25) is 5.02 Å². The van der Waals surface area contributed by atoms with E-state index in [1.54, 1.807) is 7.05 Å². The number of aromatic nitrogens is 4. The van der Waals surface area contributed by atoms with Crippen molar-refractivity contribution in [2.45, 2.75) is 44.4 Å². The van der Waals surface area contributed by atoms with Crippen molar-refractivity contribution in [3.8, 4) is 0 Å². The Hall–Kier alpha value is -3.89. The first kappa shape index (κ1) is 26.0. The lowest BCUT2D eigenvalue weighted by Gasteiger charge is -2.25. The molecule has 0 saturated carbocycles. The van der Waals surface area contributed by atoms with Crippen LogP contribution < -0.4 is 26.8 Å². The summed E-state index contributed by atoms with van der Waals surface area (Å²) in [5.41, 5.74) is 2.77. The molecular weight excluding hydrogens is 542 g/mol. The molecule has 2 aliphatic heterocycles. The fourth-order valence-corrected chi connectivity index (χ4v) is 7.04. The first-order valence-electron chi connectivity index (χ1n) is 14.2. The predicted molar refractivity (Wildman–Crippen MR) is 158 cm³/mol. The van der Waals surface area contributed by atoms with Crippen molar-refractivity contribution in [3.05, 3.63) is 91.1 Å². The maximum absolute atomic E-state index is 14.0. The molecule has 0 spiro atoms. The zero-order chi connectivity index (χ0) is 28.2. The molecule has 2 N–H and O–H groups in total. The molecule has 2 saturated heterocycles. The Labute approximate surface area is 241 Å². The second-order valence-corrected chi connectivity index (χ2v) is 11.8. The SMILES string of the molecule is Cn1c(=O)n(CC(=O)NC2Cc3ccccc3C2)c(=O)c2c1nc(N1CCC3CNCC31)n2Cc1ccccc1Cl. The number of hydrogen-bond acceptors (Lipinski definition) is 6. The van der Waals surface area contributed by atoms with E-state index in [2.05, 4.69) is 27.7 Å². The largest absolute Gasteiger partial charge is 0.351 e. The van der Waals surface area contributed by atoms with Crippen molar-refractivity contribution in [3.63, 3.8) is 0 Å². The molecule has 7 rings (SSSR count). The predicted octanol–water partition coefficient (Wildman–Crippen LogP) is 1.68. The van der Waals surface area contributed by atoms with Crippen LogP contribution in [0.4, 0.5) is 5.95 Å². The molecule has 4 aromatic rings. The highest BCUT2D eigenvalue weighted by Crippen LogP contribution is 2.33. The molecule has 1 aliphatic carbocycles. The number of fused-ring (bicyclic) bond motifs is 3. The van der Waals surface area contributed by atoms with Gasteiger partial charge in [-0.15, -0.1) is 0 Å². The van der Waals surface area contributed by atoms with Crippen LogP contribution in [-0.4, -0.2) is 56.3 Å². The molecule has 2 atom stereocenters. The number of nitrogens with zero attached hydrogens (tertiary/aromatic N) is 5. The van der Waals surface area contributed by atoms with Gasteiger partial charge in [0.2, 0.25) is 11.9 Å². The van der Waals surface area contributed by atoms with Crippen molar-refractivity contribution in [2.75, 3.05) is 24.5 Å². The number of nitrogens with one attached hydrogen (secondary N) is 2. The topological polar surface area (TPSA) is 106 Å². The molecule has 212 valence electrons. The third-order valence-electron chi connectivity index (χ3n) is 8.92. The number of anilines is 1. The molecule has 2 aromatic carbocycles. The molecule has 0 radical (unpaired) electrons. The number of carbonyl (C=O) groups excluding carboxylic acids is 1. The van der Waals surface area contributed by atoms with Gasteiger partial charge < -0.3 is 15.5 Å². The smallest absolute Gasteiger partial charge is 0.332 e. The summed E-state index contributed by atoms with van der Waals surface area (Å²) in [6, 6.07) is 15.8. The maximum Gasteiger partial charge on any atom is 0.332 e. The Bertz CT molecular complexity index is 1770. The molecular formula is C30H32ClN7O3. The van der Waals surface area contributed by atoms with Gasteiger partial charge in [-0.1, -0.05) is 54.1 Å². The van der Waals surface area contributed by atoms with E-state index in [9.17, 15) is 14.4 Å². The number of halogens is 1. The van der Waals surface area contributed by atoms with Crippen LogP contribution in [0.15, 0.2) is 58.1 Å². The average Bonchev–Trinajstić information content (AvgIpc) is 3.74. The van der Waals surface area contributed by atoms with Crippen LogP contribution in [-0.2, 0) is 37.8 Å². The summed E-state index contributed by atoms with van der Waals surface area (Å²) < 4.78 is 4.28. The van der Waals surface area contributed by atoms with Gasteiger partial charge in [-0.3, -0.25) is 18.7 Å². The molecule has 11 heteroatoms. The first-order valence-corrected chi connectivity index (χ1v) is 14.5. The number of rotatable bonds is 6. The van der Waals surface area contributed by atoms with Crippen molar-refractivity contribution in [1.29, 1.82) is 0 Å². The Kier molecular flexibility index (Phi) is 6.47. The van der Waals surface area contributed by atoms with E-state index in [1.165, 1.54) is 15.7 Å².